The number of allylic oxidation sites excluding steroid dienone is 2. The molecule has 2 aromatic heterocycles. The van der Waals surface area contributed by atoms with E-state index in [9.17, 15) is 9.59 Å². The van der Waals surface area contributed by atoms with E-state index in [1.54, 1.807) is 0 Å². The monoisotopic (exact) mass is 453 g/mol. The number of aromatic nitrogens is 3. The standard InChI is InChI=1S/C26H35N3O4/c1-17-23(27-33-24(17)19-9-11-26(12-10-19)13-14-32-16-26)22(30)15-21-18(2)28(3)29(25(21)31)20-7-5-4-6-8-20/h9,20H,4-8,10-16H2,1-3H3. The van der Waals surface area contributed by atoms with Crippen LogP contribution in [0.4, 0.5) is 0 Å². The van der Waals surface area contributed by atoms with E-state index in [2.05, 4.69) is 11.2 Å². The fourth-order valence-electron chi connectivity index (χ4n) is 6.02. The molecule has 7 heteroatoms. The maximum Gasteiger partial charge on any atom is 0.270 e. The van der Waals surface area contributed by atoms with Crippen molar-refractivity contribution in [3.63, 3.8) is 0 Å². The molecule has 2 fully saturated rings. The lowest BCUT2D eigenvalue weighted by Gasteiger charge is -2.30. The molecule has 0 amide bonds. The minimum Gasteiger partial charge on any atom is -0.381 e. The maximum atomic E-state index is 13.3. The van der Waals surface area contributed by atoms with Crippen LogP contribution in [-0.4, -0.2) is 33.5 Å². The summed E-state index contributed by atoms with van der Waals surface area (Å²) in [6.45, 7) is 5.52. The molecule has 0 N–H and O–H groups in total. The first kappa shape index (κ1) is 22.4. The van der Waals surface area contributed by atoms with Gasteiger partial charge in [-0.2, -0.15) is 0 Å². The van der Waals surface area contributed by atoms with Crippen molar-refractivity contribution in [2.45, 2.75) is 84.1 Å². The highest BCUT2D eigenvalue weighted by Crippen LogP contribution is 2.44. The van der Waals surface area contributed by atoms with E-state index >= 15 is 0 Å². The number of rotatable bonds is 5. The summed E-state index contributed by atoms with van der Waals surface area (Å²) in [6.07, 6.45) is 12.0. The average Bonchev–Trinajstić information content (AvgIpc) is 3.49. The highest BCUT2D eigenvalue weighted by Gasteiger charge is 2.37. The molecular formula is C26H35N3O4. The molecule has 1 saturated heterocycles. The van der Waals surface area contributed by atoms with Crippen LogP contribution in [0.2, 0.25) is 0 Å². The Balaban J connectivity index is 1.36. The van der Waals surface area contributed by atoms with Crippen molar-refractivity contribution in [1.82, 2.24) is 14.5 Å². The van der Waals surface area contributed by atoms with Gasteiger partial charge in [-0.1, -0.05) is 30.5 Å². The first-order valence-corrected chi connectivity index (χ1v) is 12.4. The van der Waals surface area contributed by atoms with E-state index in [1.807, 2.05) is 30.3 Å². The SMILES string of the molecule is Cc1c(C(=O)Cc2c(C)n(C)n(C3CCCCC3)c2=O)noc1C1=CCC2(CCOC2)CC1. The second kappa shape index (κ2) is 8.75. The zero-order valence-electron chi connectivity index (χ0n) is 20.1. The average molecular weight is 454 g/mol. The third-order valence-corrected chi connectivity index (χ3v) is 8.34. The van der Waals surface area contributed by atoms with E-state index < -0.39 is 0 Å². The van der Waals surface area contributed by atoms with Gasteiger partial charge in [-0.15, -0.1) is 0 Å². The highest BCUT2D eigenvalue weighted by atomic mass is 16.5. The van der Waals surface area contributed by atoms with Gasteiger partial charge in [-0.3, -0.25) is 14.3 Å². The van der Waals surface area contributed by atoms with Gasteiger partial charge >= 0.3 is 0 Å². The van der Waals surface area contributed by atoms with Crippen molar-refractivity contribution in [1.29, 1.82) is 0 Å². The van der Waals surface area contributed by atoms with Gasteiger partial charge in [0.25, 0.3) is 5.56 Å². The highest BCUT2D eigenvalue weighted by molar-refractivity contribution is 5.97. The Hall–Kier alpha value is -2.41. The second-order valence-corrected chi connectivity index (χ2v) is 10.4. The van der Waals surface area contributed by atoms with E-state index in [4.69, 9.17) is 9.26 Å². The van der Waals surface area contributed by atoms with Gasteiger partial charge in [0.05, 0.1) is 12.6 Å². The van der Waals surface area contributed by atoms with Crippen LogP contribution in [0.5, 0.6) is 0 Å². The summed E-state index contributed by atoms with van der Waals surface area (Å²) in [5.74, 6) is 0.567. The Bertz CT molecular complexity index is 1140. The lowest BCUT2D eigenvalue weighted by Crippen LogP contribution is -2.29. The first-order chi connectivity index (χ1) is 15.9. The number of carbonyl (C=O) groups excluding carboxylic acids is 1. The number of hydrogen-bond acceptors (Lipinski definition) is 5. The second-order valence-electron chi connectivity index (χ2n) is 10.4. The van der Waals surface area contributed by atoms with Crippen molar-refractivity contribution in [2.24, 2.45) is 12.5 Å². The number of hydrogen-bond donors (Lipinski definition) is 0. The lowest BCUT2D eigenvalue weighted by molar-refractivity contribution is 0.0983. The molecule has 0 aromatic carbocycles. The molecule has 1 spiro atoms. The molecule has 2 aromatic rings. The Morgan fingerprint density at radius 2 is 2.00 bits per heavy atom. The van der Waals surface area contributed by atoms with Gasteiger partial charge < -0.3 is 9.26 Å². The zero-order chi connectivity index (χ0) is 23.2. The van der Waals surface area contributed by atoms with Crippen molar-refractivity contribution < 1.29 is 14.1 Å². The normalized spacial score (nSPS) is 23.9. The summed E-state index contributed by atoms with van der Waals surface area (Å²) >= 11 is 0. The van der Waals surface area contributed by atoms with E-state index in [0.717, 1.165) is 87.2 Å². The molecule has 1 saturated carbocycles. The van der Waals surface area contributed by atoms with Crippen LogP contribution in [0.15, 0.2) is 15.4 Å². The van der Waals surface area contributed by atoms with Gasteiger partial charge in [-0.25, -0.2) is 4.68 Å². The third-order valence-electron chi connectivity index (χ3n) is 8.34. The first-order valence-electron chi connectivity index (χ1n) is 12.4. The molecule has 1 aliphatic heterocycles. The summed E-state index contributed by atoms with van der Waals surface area (Å²) in [6, 6.07) is 0.228. The van der Waals surface area contributed by atoms with E-state index in [1.165, 1.54) is 6.42 Å². The largest absolute Gasteiger partial charge is 0.381 e. The van der Waals surface area contributed by atoms with Crippen LogP contribution in [0.25, 0.3) is 5.57 Å². The molecule has 7 nitrogen and oxygen atoms in total. The van der Waals surface area contributed by atoms with Crippen molar-refractivity contribution in [2.75, 3.05) is 13.2 Å². The van der Waals surface area contributed by atoms with Crippen molar-refractivity contribution in [3.05, 3.63) is 44.7 Å². The quantitative estimate of drug-likeness (QED) is 0.614. The molecule has 33 heavy (non-hydrogen) atoms. The number of ether oxygens (including phenoxy) is 1. The predicted octanol–water partition coefficient (Wildman–Crippen LogP) is 4.70. The molecule has 1 unspecified atom stereocenters. The van der Waals surface area contributed by atoms with E-state index in [0.29, 0.717) is 11.3 Å². The van der Waals surface area contributed by atoms with Crippen LogP contribution in [0.3, 0.4) is 0 Å². The number of ketones is 1. The summed E-state index contributed by atoms with van der Waals surface area (Å²) in [5.41, 5.74) is 3.95. The Morgan fingerprint density at radius 3 is 2.67 bits per heavy atom. The molecule has 0 radical (unpaired) electrons. The summed E-state index contributed by atoms with van der Waals surface area (Å²) in [4.78, 5) is 26.5. The molecule has 3 heterocycles. The smallest absolute Gasteiger partial charge is 0.270 e. The summed E-state index contributed by atoms with van der Waals surface area (Å²) in [5, 5.41) is 4.15. The van der Waals surface area contributed by atoms with Crippen LogP contribution < -0.4 is 5.56 Å². The predicted molar refractivity (Wildman–Crippen MR) is 126 cm³/mol. The summed E-state index contributed by atoms with van der Waals surface area (Å²) < 4.78 is 15.1. The van der Waals surface area contributed by atoms with Gasteiger partial charge in [0.2, 0.25) is 0 Å². The zero-order valence-corrected chi connectivity index (χ0v) is 20.1. The Morgan fingerprint density at radius 1 is 1.21 bits per heavy atom. The molecule has 3 aliphatic rings. The van der Waals surface area contributed by atoms with Crippen LogP contribution in [-0.2, 0) is 18.2 Å². The molecule has 0 bridgehead atoms. The molecule has 178 valence electrons. The van der Waals surface area contributed by atoms with E-state index in [-0.39, 0.29) is 29.2 Å². The lowest BCUT2D eigenvalue weighted by atomic mass is 9.74. The van der Waals surface area contributed by atoms with Gasteiger partial charge in [0, 0.05) is 36.9 Å². The molecular weight excluding hydrogens is 418 g/mol. The third kappa shape index (κ3) is 3.94. The number of nitrogens with zero attached hydrogens (tertiary/aromatic N) is 3. The Kier molecular flexibility index (Phi) is 5.93. The summed E-state index contributed by atoms with van der Waals surface area (Å²) in [7, 11) is 1.93. The van der Waals surface area contributed by atoms with Gasteiger partial charge in [0.1, 0.15) is 0 Å². The minimum absolute atomic E-state index is 0.0318. The minimum atomic E-state index is -0.152. The number of Topliss-reactive ketones (excluding diaryl/α,β-unsaturated/α-hetero) is 1. The molecule has 2 aliphatic carbocycles. The van der Waals surface area contributed by atoms with Gasteiger partial charge in [-0.05, 0) is 63.4 Å². The molecule has 1 atom stereocenters. The topological polar surface area (TPSA) is 79.3 Å². The Labute approximate surface area is 194 Å². The van der Waals surface area contributed by atoms with Crippen molar-refractivity contribution >= 4 is 11.4 Å². The van der Waals surface area contributed by atoms with Crippen molar-refractivity contribution in [3.8, 4) is 0 Å². The van der Waals surface area contributed by atoms with Crippen LogP contribution in [0, 0.1) is 19.3 Å². The van der Waals surface area contributed by atoms with Crippen LogP contribution >= 0.6 is 0 Å². The number of carbonyl (C=O) groups is 1. The fourth-order valence-corrected chi connectivity index (χ4v) is 6.02. The van der Waals surface area contributed by atoms with Crippen LogP contribution in [0.1, 0.15) is 96.9 Å². The maximum absolute atomic E-state index is 13.3. The fraction of sp³-hybridized carbons (Fsp3) is 0.654. The van der Waals surface area contributed by atoms with Gasteiger partial charge in [0.15, 0.2) is 17.2 Å². The molecule has 5 rings (SSSR count).